The highest BCUT2D eigenvalue weighted by Gasteiger charge is 2.19. The van der Waals surface area contributed by atoms with Gasteiger partial charge in [0, 0.05) is 24.7 Å². The minimum atomic E-state index is -0.219. The van der Waals surface area contributed by atoms with E-state index >= 15 is 0 Å². The molecular formula is C13H16N4O2S. The number of urea groups is 1. The zero-order valence-corrected chi connectivity index (χ0v) is 12.0. The van der Waals surface area contributed by atoms with E-state index in [0.29, 0.717) is 13.2 Å². The minimum absolute atomic E-state index is 0.219. The van der Waals surface area contributed by atoms with Gasteiger partial charge in [0.2, 0.25) is 0 Å². The molecule has 7 heteroatoms. The lowest BCUT2D eigenvalue weighted by molar-refractivity contribution is 0.108. The monoisotopic (exact) mass is 292 g/mol. The number of carbonyl (C=O) groups is 1. The van der Waals surface area contributed by atoms with E-state index in [1.54, 1.807) is 0 Å². The number of carbonyl (C=O) groups excluding carboxylic acids is 1. The molecule has 6 nitrogen and oxygen atoms in total. The van der Waals surface area contributed by atoms with Gasteiger partial charge in [-0.25, -0.2) is 4.79 Å². The van der Waals surface area contributed by atoms with E-state index in [-0.39, 0.29) is 6.03 Å². The lowest BCUT2D eigenvalue weighted by atomic mass is 10.1. The summed E-state index contributed by atoms with van der Waals surface area (Å²) in [6, 6.07) is 3.54. The molecule has 2 aromatic rings. The van der Waals surface area contributed by atoms with Crippen LogP contribution in [0.15, 0.2) is 17.5 Å². The molecule has 0 radical (unpaired) electrons. The zero-order chi connectivity index (χ0) is 13.9. The van der Waals surface area contributed by atoms with E-state index in [1.165, 1.54) is 17.0 Å². The molecule has 0 atom stereocenters. The molecule has 3 heterocycles. The largest absolute Gasteiger partial charge is 0.376 e. The van der Waals surface area contributed by atoms with Gasteiger partial charge in [-0.15, -0.1) is 11.3 Å². The van der Waals surface area contributed by atoms with Crippen molar-refractivity contribution in [3.05, 3.63) is 34.5 Å². The van der Waals surface area contributed by atoms with Crippen molar-refractivity contribution in [2.75, 3.05) is 11.9 Å². The number of aryl methyl sites for hydroxylation is 1. The second kappa shape index (κ2) is 5.64. The number of anilines is 1. The first-order chi connectivity index (χ1) is 9.74. The molecular weight excluding hydrogens is 276 g/mol. The Hall–Kier alpha value is -1.86. The first-order valence-corrected chi connectivity index (χ1v) is 7.31. The molecule has 0 aromatic carbocycles. The van der Waals surface area contributed by atoms with Crippen LogP contribution >= 0.6 is 11.3 Å². The van der Waals surface area contributed by atoms with E-state index in [1.807, 2.05) is 29.2 Å². The van der Waals surface area contributed by atoms with Gasteiger partial charge in [-0.3, -0.25) is 10.00 Å². The molecule has 2 N–H and O–H groups in total. The lowest BCUT2D eigenvalue weighted by Crippen LogP contribution is -2.28. The third-order valence-corrected chi connectivity index (χ3v) is 4.05. The maximum Gasteiger partial charge on any atom is 0.320 e. The summed E-state index contributed by atoms with van der Waals surface area (Å²) in [4.78, 5) is 11.8. The van der Waals surface area contributed by atoms with Crippen LogP contribution in [0.25, 0.3) is 0 Å². The average Bonchev–Trinajstić information content (AvgIpc) is 3.06. The van der Waals surface area contributed by atoms with E-state index in [9.17, 15) is 4.79 Å². The Bertz CT molecular complexity index is 606. The number of ether oxygens (including phenoxy) is 1. The Morgan fingerprint density at radius 2 is 2.50 bits per heavy atom. The third-order valence-electron chi connectivity index (χ3n) is 3.26. The Balaban J connectivity index is 1.62. The molecule has 106 valence electrons. The van der Waals surface area contributed by atoms with Gasteiger partial charge in [0.1, 0.15) is 0 Å². The topological polar surface area (TPSA) is 68.2 Å². The summed E-state index contributed by atoms with van der Waals surface area (Å²) in [5.74, 6) is 0. The van der Waals surface area contributed by atoms with Crippen LogP contribution in [-0.2, 0) is 31.4 Å². The quantitative estimate of drug-likeness (QED) is 0.907. The van der Waals surface area contributed by atoms with Gasteiger partial charge in [-0.2, -0.15) is 5.10 Å². The summed E-state index contributed by atoms with van der Waals surface area (Å²) in [5, 5.41) is 12.8. The smallest absolute Gasteiger partial charge is 0.320 e. The van der Waals surface area contributed by atoms with Gasteiger partial charge >= 0.3 is 6.03 Å². The molecule has 0 saturated carbocycles. The Kier molecular flexibility index (Phi) is 3.70. The summed E-state index contributed by atoms with van der Waals surface area (Å²) in [7, 11) is 1.93. The molecule has 0 saturated heterocycles. The first-order valence-electron chi connectivity index (χ1n) is 6.44. The lowest BCUT2D eigenvalue weighted by Gasteiger charge is -2.13. The summed E-state index contributed by atoms with van der Waals surface area (Å²) in [6.45, 7) is 1.72. The molecule has 1 aliphatic heterocycles. The number of hydrogen-bond donors (Lipinski definition) is 2. The van der Waals surface area contributed by atoms with Crippen molar-refractivity contribution in [3.63, 3.8) is 0 Å². The highest BCUT2D eigenvalue weighted by atomic mass is 32.1. The molecule has 2 aromatic heterocycles. The normalized spacial score (nSPS) is 13.8. The van der Waals surface area contributed by atoms with Gasteiger partial charge in [0.15, 0.2) is 0 Å². The van der Waals surface area contributed by atoms with Gasteiger partial charge in [-0.1, -0.05) is 0 Å². The highest BCUT2D eigenvalue weighted by Crippen LogP contribution is 2.20. The number of nitrogens with one attached hydrogen (secondary N) is 2. The summed E-state index contributed by atoms with van der Waals surface area (Å²) >= 11 is 1.49. The van der Waals surface area contributed by atoms with Crippen molar-refractivity contribution in [1.29, 1.82) is 0 Å². The summed E-state index contributed by atoms with van der Waals surface area (Å²) in [6.07, 6.45) is 0.875. The van der Waals surface area contributed by atoms with Gasteiger partial charge in [0.25, 0.3) is 0 Å². The Morgan fingerprint density at radius 1 is 1.60 bits per heavy atom. The van der Waals surface area contributed by atoms with Crippen molar-refractivity contribution in [3.8, 4) is 0 Å². The van der Waals surface area contributed by atoms with Gasteiger partial charge in [-0.05, 0) is 17.5 Å². The van der Waals surface area contributed by atoms with Crippen LogP contribution in [0.4, 0.5) is 9.80 Å². The number of amides is 2. The van der Waals surface area contributed by atoms with Crippen molar-refractivity contribution < 1.29 is 9.53 Å². The molecule has 0 spiro atoms. The fraction of sp³-hybridized carbons (Fsp3) is 0.385. The maximum absolute atomic E-state index is 11.8. The van der Waals surface area contributed by atoms with Crippen LogP contribution in [-0.4, -0.2) is 22.4 Å². The zero-order valence-electron chi connectivity index (χ0n) is 11.2. The molecule has 0 fully saturated rings. The number of aromatic nitrogens is 2. The second-order valence-electron chi connectivity index (χ2n) is 4.58. The van der Waals surface area contributed by atoms with Crippen molar-refractivity contribution >= 4 is 22.4 Å². The van der Waals surface area contributed by atoms with Crippen LogP contribution in [0.1, 0.15) is 17.0 Å². The number of nitrogens with zero attached hydrogens (tertiary/aromatic N) is 2. The summed E-state index contributed by atoms with van der Waals surface area (Å²) < 4.78 is 7.34. The SMILES string of the molecule is Cn1nc(CNC(=O)Nc2cccs2)c2c1CCOC2. The van der Waals surface area contributed by atoms with E-state index < -0.39 is 0 Å². The number of hydrogen-bond acceptors (Lipinski definition) is 4. The Labute approximate surface area is 120 Å². The van der Waals surface area contributed by atoms with E-state index in [0.717, 1.165) is 29.3 Å². The standard InChI is InChI=1S/C13H16N4O2S/c1-17-11-4-5-19-8-9(11)10(16-17)7-14-13(18)15-12-3-2-6-20-12/h2-3,6H,4-5,7-8H2,1H3,(H2,14,15,18). The van der Waals surface area contributed by atoms with Crippen LogP contribution in [0.2, 0.25) is 0 Å². The predicted octanol–water partition coefficient (Wildman–Crippen LogP) is 1.88. The first kappa shape index (κ1) is 13.1. The maximum atomic E-state index is 11.8. The average molecular weight is 292 g/mol. The molecule has 0 bridgehead atoms. The van der Waals surface area contributed by atoms with Gasteiger partial charge < -0.3 is 10.1 Å². The van der Waals surface area contributed by atoms with Gasteiger partial charge in [0.05, 0.1) is 30.5 Å². The fourth-order valence-corrected chi connectivity index (χ4v) is 2.91. The molecule has 3 rings (SSSR count). The minimum Gasteiger partial charge on any atom is -0.376 e. The third kappa shape index (κ3) is 2.68. The van der Waals surface area contributed by atoms with E-state index in [4.69, 9.17) is 4.74 Å². The van der Waals surface area contributed by atoms with Crippen LogP contribution < -0.4 is 10.6 Å². The van der Waals surface area contributed by atoms with Crippen molar-refractivity contribution in [2.45, 2.75) is 19.6 Å². The summed E-state index contributed by atoms with van der Waals surface area (Å²) in [5.41, 5.74) is 3.19. The van der Waals surface area contributed by atoms with E-state index in [2.05, 4.69) is 15.7 Å². The number of thiophene rings is 1. The van der Waals surface area contributed by atoms with Crippen molar-refractivity contribution in [2.24, 2.45) is 7.05 Å². The molecule has 1 aliphatic rings. The highest BCUT2D eigenvalue weighted by molar-refractivity contribution is 7.14. The predicted molar refractivity (Wildman–Crippen MR) is 76.7 cm³/mol. The second-order valence-corrected chi connectivity index (χ2v) is 5.53. The molecule has 0 unspecified atom stereocenters. The van der Waals surface area contributed by atoms with Crippen LogP contribution in [0.5, 0.6) is 0 Å². The Morgan fingerprint density at radius 3 is 3.30 bits per heavy atom. The van der Waals surface area contributed by atoms with Crippen LogP contribution in [0, 0.1) is 0 Å². The van der Waals surface area contributed by atoms with Crippen LogP contribution in [0.3, 0.4) is 0 Å². The fourth-order valence-electron chi connectivity index (χ4n) is 2.30. The molecule has 2 amide bonds. The number of rotatable bonds is 3. The molecule has 0 aliphatic carbocycles. The molecule has 20 heavy (non-hydrogen) atoms. The van der Waals surface area contributed by atoms with Crippen molar-refractivity contribution in [1.82, 2.24) is 15.1 Å². The number of fused-ring (bicyclic) bond motifs is 1.